The zero-order chi connectivity index (χ0) is 25.3. The highest BCUT2D eigenvalue weighted by Crippen LogP contribution is 2.46. The van der Waals surface area contributed by atoms with Crippen molar-refractivity contribution in [3.05, 3.63) is 35.5 Å². The van der Waals surface area contributed by atoms with Gasteiger partial charge in [-0.25, -0.2) is 14.8 Å². The number of amides is 1. The molecule has 12 heteroatoms. The van der Waals surface area contributed by atoms with Crippen LogP contribution in [0, 0.1) is 5.92 Å². The Morgan fingerprint density at radius 2 is 1.88 bits per heavy atom. The number of ether oxygens (including phenoxy) is 1. The average molecular weight is 490 g/mol. The van der Waals surface area contributed by atoms with E-state index in [0.29, 0.717) is 25.6 Å². The molecule has 1 aliphatic heterocycles. The number of carbonyl (C=O) groups excluding carboxylic acids is 1. The molecule has 2 unspecified atom stereocenters. The molecule has 0 bridgehead atoms. The summed E-state index contributed by atoms with van der Waals surface area (Å²) in [6.07, 6.45) is -11.3. The Bertz CT molecular complexity index is 1040. The van der Waals surface area contributed by atoms with E-state index in [1.54, 1.807) is 4.90 Å². The van der Waals surface area contributed by atoms with Crippen molar-refractivity contribution in [2.45, 2.75) is 52.1 Å². The lowest BCUT2D eigenvalue weighted by atomic mass is 9.98. The van der Waals surface area contributed by atoms with Crippen molar-refractivity contribution in [3.63, 3.8) is 0 Å². The van der Waals surface area contributed by atoms with E-state index in [2.05, 4.69) is 20.0 Å². The Balaban J connectivity index is 2.24. The highest BCUT2D eigenvalue weighted by Gasteiger charge is 2.49. The molecule has 0 fully saturated rings. The van der Waals surface area contributed by atoms with Gasteiger partial charge in [-0.2, -0.15) is 26.3 Å². The predicted octanol–water partition coefficient (Wildman–Crippen LogP) is 6.59. The molecule has 3 rings (SSSR count). The summed E-state index contributed by atoms with van der Waals surface area (Å²) in [7, 11) is 0. The molecule has 1 amide bonds. The maximum absolute atomic E-state index is 13.8. The molecule has 34 heavy (non-hydrogen) atoms. The Kier molecular flexibility index (Phi) is 7.27. The molecular formula is C22H24F6N4O2. The lowest BCUT2D eigenvalue weighted by Gasteiger charge is -2.30. The molecular weight excluding hydrogens is 466 g/mol. The lowest BCUT2D eigenvalue weighted by molar-refractivity contribution is -0.206. The summed E-state index contributed by atoms with van der Waals surface area (Å²) in [6.45, 7) is 6.61. The van der Waals surface area contributed by atoms with E-state index in [0.717, 1.165) is 24.8 Å². The fourth-order valence-corrected chi connectivity index (χ4v) is 3.64. The number of anilines is 2. The molecule has 6 nitrogen and oxygen atoms in total. The van der Waals surface area contributed by atoms with E-state index >= 15 is 0 Å². The maximum atomic E-state index is 13.8. The molecule has 0 aliphatic carbocycles. The average Bonchev–Trinajstić information content (AvgIpc) is 2.76. The van der Waals surface area contributed by atoms with Gasteiger partial charge in [0.15, 0.2) is 0 Å². The second kappa shape index (κ2) is 9.67. The van der Waals surface area contributed by atoms with E-state index in [4.69, 9.17) is 0 Å². The monoisotopic (exact) mass is 490 g/mol. The number of hydrogen-bond acceptors (Lipinski definition) is 5. The Morgan fingerprint density at radius 1 is 1.18 bits per heavy atom. The number of rotatable bonds is 7. The molecule has 0 radical (unpaired) electrons. The summed E-state index contributed by atoms with van der Waals surface area (Å²) >= 11 is 0. The summed E-state index contributed by atoms with van der Waals surface area (Å²) in [4.78, 5) is 21.4. The third-order valence-corrected chi connectivity index (χ3v) is 5.46. The first-order valence-corrected chi connectivity index (χ1v) is 10.7. The number of nitrogens with one attached hydrogen (secondary N) is 1. The quantitative estimate of drug-likeness (QED) is 0.444. The number of hydrogen-bond donors (Lipinski definition) is 1. The number of halogens is 6. The van der Waals surface area contributed by atoms with Crippen LogP contribution < -0.4 is 10.2 Å². The van der Waals surface area contributed by atoms with Gasteiger partial charge in [0.1, 0.15) is 11.6 Å². The van der Waals surface area contributed by atoms with Crippen LogP contribution in [-0.4, -0.2) is 35.3 Å². The lowest BCUT2D eigenvalue weighted by Crippen LogP contribution is -2.34. The van der Waals surface area contributed by atoms with Gasteiger partial charge in [0.2, 0.25) is 6.10 Å². The normalized spacial score (nSPS) is 17.0. The van der Waals surface area contributed by atoms with Gasteiger partial charge < -0.3 is 9.64 Å². The first-order chi connectivity index (χ1) is 15.8. The van der Waals surface area contributed by atoms with E-state index in [9.17, 15) is 31.1 Å². The fraction of sp³-hybridized carbons (Fsp3) is 0.500. The molecule has 0 saturated heterocycles. The third-order valence-electron chi connectivity index (χ3n) is 5.46. The maximum Gasteiger partial charge on any atom is 0.430 e. The van der Waals surface area contributed by atoms with E-state index in [1.165, 1.54) is 0 Å². The SMILES string of the molecule is CCCN(CC(C)CC)c1cc(C(F)(F)F)cc(-c2ccnc3c2C(C(F)(F)F)OC(=O)N3)n1. The van der Waals surface area contributed by atoms with Crippen LogP contribution in [0.15, 0.2) is 24.4 Å². The molecule has 3 heterocycles. The molecule has 0 aromatic carbocycles. The highest BCUT2D eigenvalue weighted by molar-refractivity contribution is 5.89. The van der Waals surface area contributed by atoms with Crippen LogP contribution >= 0.6 is 0 Å². The smallest absolute Gasteiger partial charge is 0.430 e. The number of alkyl halides is 6. The zero-order valence-corrected chi connectivity index (χ0v) is 18.7. The van der Waals surface area contributed by atoms with Crippen LogP contribution in [0.25, 0.3) is 11.3 Å². The van der Waals surface area contributed by atoms with Crippen molar-refractivity contribution in [3.8, 4) is 11.3 Å². The molecule has 0 spiro atoms. The Morgan fingerprint density at radius 3 is 2.47 bits per heavy atom. The van der Waals surface area contributed by atoms with Crippen LogP contribution in [0.3, 0.4) is 0 Å². The number of carbonyl (C=O) groups is 1. The molecule has 186 valence electrons. The summed E-state index contributed by atoms with van der Waals surface area (Å²) in [5, 5.41) is 2.08. The minimum atomic E-state index is -5.01. The van der Waals surface area contributed by atoms with Crippen LogP contribution in [0.5, 0.6) is 0 Å². The summed E-state index contributed by atoms with van der Waals surface area (Å²) in [5.74, 6) is -0.290. The topological polar surface area (TPSA) is 67.4 Å². The first kappa shape index (κ1) is 25.6. The van der Waals surface area contributed by atoms with Gasteiger partial charge in [-0.1, -0.05) is 27.2 Å². The number of nitrogens with zero attached hydrogens (tertiary/aromatic N) is 3. The van der Waals surface area contributed by atoms with Gasteiger partial charge >= 0.3 is 18.4 Å². The van der Waals surface area contributed by atoms with Crippen LogP contribution in [0.2, 0.25) is 0 Å². The molecule has 2 aromatic rings. The largest absolute Gasteiger partial charge is 0.431 e. The molecule has 1 N–H and O–H groups in total. The van der Waals surface area contributed by atoms with E-state index in [1.807, 2.05) is 20.8 Å². The second-order valence-corrected chi connectivity index (χ2v) is 8.13. The Labute approximate surface area is 192 Å². The van der Waals surface area contributed by atoms with Crippen molar-refractivity contribution < 1.29 is 35.9 Å². The second-order valence-electron chi connectivity index (χ2n) is 8.13. The summed E-state index contributed by atoms with van der Waals surface area (Å²) in [5.41, 5.74) is -2.24. The predicted molar refractivity (Wildman–Crippen MR) is 113 cm³/mol. The van der Waals surface area contributed by atoms with Crippen molar-refractivity contribution >= 4 is 17.7 Å². The fourth-order valence-electron chi connectivity index (χ4n) is 3.64. The minimum absolute atomic E-state index is 0.00172. The van der Waals surface area contributed by atoms with Crippen molar-refractivity contribution in [2.24, 2.45) is 5.92 Å². The first-order valence-electron chi connectivity index (χ1n) is 10.7. The van der Waals surface area contributed by atoms with Gasteiger partial charge in [0.05, 0.1) is 16.8 Å². The van der Waals surface area contributed by atoms with Crippen molar-refractivity contribution in [2.75, 3.05) is 23.3 Å². The number of pyridine rings is 2. The van der Waals surface area contributed by atoms with Crippen LogP contribution in [0.4, 0.5) is 42.8 Å². The zero-order valence-electron chi connectivity index (χ0n) is 18.7. The number of fused-ring (bicyclic) bond motifs is 1. The van der Waals surface area contributed by atoms with Crippen molar-refractivity contribution in [1.29, 1.82) is 0 Å². The van der Waals surface area contributed by atoms with Crippen molar-refractivity contribution in [1.82, 2.24) is 9.97 Å². The van der Waals surface area contributed by atoms with E-state index < -0.39 is 41.5 Å². The van der Waals surface area contributed by atoms with Gasteiger partial charge in [0.25, 0.3) is 0 Å². The Hall–Kier alpha value is -3.05. The summed E-state index contributed by atoms with van der Waals surface area (Å²) in [6, 6.07) is 2.72. The molecule has 1 aliphatic rings. The van der Waals surface area contributed by atoms with Crippen LogP contribution in [0.1, 0.15) is 50.8 Å². The molecule has 2 aromatic heterocycles. The van der Waals surface area contributed by atoms with Gasteiger partial charge in [-0.05, 0) is 30.5 Å². The van der Waals surface area contributed by atoms with Gasteiger partial charge in [-0.3, -0.25) is 5.32 Å². The molecule has 2 atom stereocenters. The number of aromatic nitrogens is 2. The van der Waals surface area contributed by atoms with Gasteiger partial charge in [0, 0.05) is 24.8 Å². The van der Waals surface area contributed by atoms with Gasteiger partial charge in [-0.15, -0.1) is 0 Å². The number of cyclic esters (lactones) is 1. The van der Waals surface area contributed by atoms with Crippen LogP contribution in [-0.2, 0) is 10.9 Å². The molecule has 0 saturated carbocycles. The van der Waals surface area contributed by atoms with E-state index in [-0.39, 0.29) is 23.0 Å². The minimum Gasteiger partial charge on any atom is -0.431 e. The summed E-state index contributed by atoms with van der Waals surface area (Å²) < 4.78 is 86.9. The third kappa shape index (κ3) is 5.53. The highest BCUT2D eigenvalue weighted by atomic mass is 19.4. The standard InChI is InChI=1S/C22H24F6N4O2/c1-4-8-32(11-12(3)5-2)16-10-13(21(23,24)25)9-15(30-16)14-6-7-29-19-17(14)18(22(26,27)28)34-20(33)31-19/h6-7,9-10,12,18H,4-5,8,11H2,1-3H3,(H,29,31,33).